The van der Waals surface area contributed by atoms with Gasteiger partial charge < -0.3 is 15.1 Å². The molecule has 1 aromatic carbocycles. The highest BCUT2D eigenvalue weighted by atomic mass is 35.5. The van der Waals surface area contributed by atoms with Crippen LogP contribution in [0.4, 0.5) is 5.69 Å². The number of furan rings is 1. The van der Waals surface area contributed by atoms with E-state index in [0.717, 1.165) is 34.7 Å². The summed E-state index contributed by atoms with van der Waals surface area (Å²) in [6, 6.07) is 5.75. The van der Waals surface area contributed by atoms with Crippen LogP contribution in [0.5, 0.6) is 0 Å². The van der Waals surface area contributed by atoms with Crippen molar-refractivity contribution in [3.8, 4) is 0 Å². The predicted molar refractivity (Wildman–Crippen MR) is 82.8 cm³/mol. The van der Waals surface area contributed by atoms with Crippen LogP contribution < -0.4 is 10.6 Å². The molecule has 1 unspecified atom stereocenters. The van der Waals surface area contributed by atoms with Crippen molar-refractivity contribution in [3.05, 3.63) is 51.9 Å². The smallest absolute Gasteiger partial charge is 0.228 e. The van der Waals surface area contributed by atoms with Crippen LogP contribution in [-0.4, -0.2) is 12.5 Å². The summed E-state index contributed by atoms with van der Waals surface area (Å²) in [5.41, 5.74) is 3.84. The lowest BCUT2D eigenvalue weighted by Crippen LogP contribution is -2.22. The van der Waals surface area contributed by atoms with E-state index in [1.54, 1.807) is 6.26 Å². The largest absolute Gasteiger partial charge is 0.469 e. The minimum absolute atomic E-state index is 0.0118. The number of anilines is 1. The summed E-state index contributed by atoms with van der Waals surface area (Å²) in [5, 5.41) is 6.90. The van der Waals surface area contributed by atoms with Gasteiger partial charge in [-0.2, -0.15) is 0 Å². The molecule has 1 aliphatic rings. The predicted octanol–water partition coefficient (Wildman–Crippen LogP) is 3.43. The highest BCUT2D eigenvalue weighted by Crippen LogP contribution is 2.36. The Bertz CT molecular complexity index is 694. The second-order valence-corrected chi connectivity index (χ2v) is 5.59. The molecular weight excluding hydrogens is 288 g/mol. The number of halogens is 1. The number of benzene rings is 1. The van der Waals surface area contributed by atoms with Crippen molar-refractivity contribution in [2.45, 2.75) is 26.3 Å². The summed E-state index contributed by atoms with van der Waals surface area (Å²) in [5.74, 6) is 0.879. The molecule has 4 nitrogen and oxygen atoms in total. The molecule has 0 bridgehead atoms. The lowest BCUT2D eigenvalue weighted by atomic mass is 9.96. The van der Waals surface area contributed by atoms with Crippen LogP contribution in [0.3, 0.4) is 0 Å². The van der Waals surface area contributed by atoms with Crippen LogP contribution in [-0.2, 0) is 11.2 Å². The molecule has 1 atom stereocenters. The number of carbonyl (C=O) groups excluding carboxylic acids is 1. The molecule has 0 spiro atoms. The standard InChI is InChI=1S/C16H17ClN2O2/c1-3-18-16(11-4-5-21-9(11)2)12-6-10-7-15(20)19-14(10)8-13(12)17/h4-6,8,16,18H,3,7H2,1-2H3,(H,19,20). The lowest BCUT2D eigenvalue weighted by Gasteiger charge is -2.20. The molecule has 0 fully saturated rings. The molecular formula is C16H17ClN2O2. The van der Waals surface area contributed by atoms with Crippen molar-refractivity contribution in [2.24, 2.45) is 0 Å². The molecule has 1 aliphatic heterocycles. The van der Waals surface area contributed by atoms with Gasteiger partial charge in [-0.3, -0.25) is 4.79 Å². The summed E-state index contributed by atoms with van der Waals surface area (Å²) in [7, 11) is 0. The normalized spacial score (nSPS) is 14.9. The monoisotopic (exact) mass is 304 g/mol. The van der Waals surface area contributed by atoms with E-state index in [1.807, 2.05) is 25.1 Å². The van der Waals surface area contributed by atoms with Gasteiger partial charge in [0, 0.05) is 16.3 Å². The Morgan fingerprint density at radius 2 is 2.24 bits per heavy atom. The van der Waals surface area contributed by atoms with Crippen molar-refractivity contribution in [1.29, 1.82) is 0 Å². The molecule has 0 saturated heterocycles. The Labute approximate surface area is 128 Å². The van der Waals surface area contributed by atoms with Crippen LogP contribution in [0.2, 0.25) is 5.02 Å². The molecule has 110 valence electrons. The van der Waals surface area contributed by atoms with Gasteiger partial charge in [0.25, 0.3) is 0 Å². The minimum Gasteiger partial charge on any atom is -0.469 e. The van der Waals surface area contributed by atoms with Gasteiger partial charge >= 0.3 is 0 Å². The molecule has 1 amide bonds. The summed E-state index contributed by atoms with van der Waals surface area (Å²) in [6.07, 6.45) is 2.09. The van der Waals surface area contributed by atoms with Gasteiger partial charge in [-0.1, -0.05) is 18.5 Å². The number of nitrogens with one attached hydrogen (secondary N) is 2. The SMILES string of the molecule is CCNC(c1cc2c(cc1Cl)NC(=O)C2)c1ccoc1C. The van der Waals surface area contributed by atoms with E-state index in [-0.39, 0.29) is 11.9 Å². The van der Waals surface area contributed by atoms with Gasteiger partial charge in [0.1, 0.15) is 5.76 Å². The first-order valence-corrected chi connectivity index (χ1v) is 7.37. The Kier molecular flexibility index (Phi) is 3.74. The summed E-state index contributed by atoms with van der Waals surface area (Å²) in [6.45, 7) is 4.79. The van der Waals surface area contributed by atoms with E-state index in [0.29, 0.717) is 11.4 Å². The van der Waals surface area contributed by atoms with Crippen molar-refractivity contribution in [3.63, 3.8) is 0 Å². The molecule has 0 saturated carbocycles. The summed E-state index contributed by atoms with van der Waals surface area (Å²) in [4.78, 5) is 11.5. The third-order valence-corrected chi connectivity index (χ3v) is 4.10. The molecule has 21 heavy (non-hydrogen) atoms. The number of carbonyl (C=O) groups is 1. The number of hydrogen-bond acceptors (Lipinski definition) is 3. The molecule has 1 aromatic heterocycles. The van der Waals surface area contributed by atoms with Gasteiger partial charge in [0.15, 0.2) is 0 Å². The number of hydrogen-bond donors (Lipinski definition) is 2. The summed E-state index contributed by atoms with van der Waals surface area (Å²) < 4.78 is 5.41. The quantitative estimate of drug-likeness (QED) is 0.910. The Balaban J connectivity index is 2.07. The van der Waals surface area contributed by atoms with Crippen molar-refractivity contribution < 1.29 is 9.21 Å². The topological polar surface area (TPSA) is 54.3 Å². The van der Waals surface area contributed by atoms with E-state index < -0.39 is 0 Å². The van der Waals surface area contributed by atoms with E-state index in [1.165, 1.54) is 0 Å². The van der Waals surface area contributed by atoms with Crippen molar-refractivity contribution >= 4 is 23.2 Å². The third-order valence-electron chi connectivity index (χ3n) is 3.78. The minimum atomic E-state index is -0.0396. The number of rotatable bonds is 4. The van der Waals surface area contributed by atoms with Gasteiger partial charge in [-0.15, -0.1) is 0 Å². The lowest BCUT2D eigenvalue weighted by molar-refractivity contribution is -0.115. The molecule has 0 aliphatic carbocycles. The van der Waals surface area contributed by atoms with Gasteiger partial charge in [0.2, 0.25) is 5.91 Å². The van der Waals surface area contributed by atoms with Crippen LogP contribution in [0.1, 0.15) is 35.4 Å². The Morgan fingerprint density at radius 1 is 1.43 bits per heavy atom. The first-order valence-electron chi connectivity index (χ1n) is 6.99. The number of amides is 1. The average molecular weight is 305 g/mol. The zero-order chi connectivity index (χ0) is 15.0. The fraction of sp³-hybridized carbons (Fsp3) is 0.312. The first-order chi connectivity index (χ1) is 10.1. The van der Waals surface area contributed by atoms with Crippen molar-refractivity contribution in [1.82, 2.24) is 5.32 Å². The fourth-order valence-corrected chi connectivity index (χ4v) is 3.05. The van der Waals surface area contributed by atoms with E-state index >= 15 is 0 Å². The number of aryl methyl sites for hydroxylation is 1. The maximum absolute atomic E-state index is 11.5. The molecule has 5 heteroatoms. The van der Waals surface area contributed by atoms with Crippen LogP contribution in [0.25, 0.3) is 0 Å². The molecule has 2 N–H and O–H groups in total. The zero-order valence-corrected chi connectivity index (χ0v) is 12.8. The van der Waals surface area contributed by atoms with Crippen molar-refractivity contribution in [2.75, 3.05) is 11.9 Å². The van der Waals surface area contributed by atoms with Crippen LogP contribution >= 0.6 is 11.6 Å². The van der Waals surface area contributed by atoms with Gasteiger partial charge in [-0.05, 0) is 42.8 Å². The Morgan fingerprint density at radius 3 is 2.90 bits per heavy atom. The van der Waals surface area contributed by atoms with Gasteiger partial charge in [-0.25, -0.2) is 0 Å². The van der Waals surface area contributed by atoms with E-state index in [2.05, 4.69) is 17.6 Å². The third kappa shape index (κ3) is 2.57. The highest BCUT2D eigenvalue weighted by molar-refractivity contribution is 6.32. The van der Waals surface area contributed by atoms with Crippen LogP contribution in [0.15, 0.2) is 28.9 Å². The number of fused-ring (bicyclic) bond motifs is 1. The molecule has 3 rings (SSSR count). The fourth-order valence-electron chi connectivity index (χ4n) is 2.77. The zero-order valence-electron chi connectivity index (χ0n) is 12.0. The van der Waals surface area contributed by atoms with E-state index in [4.69, 9.17) is 16.0 Å². The maximum Gasteiger partial charge on any atom is 0.228 e. The Hall–Kier alpha value is -1.78. The average Bonchev–Trinajstić information content (AvgIpc) is 3.00. The maximum atomic E-state index is 11.5. The highest BCUT2D eigenvalue weighted by Gasteiger charge is 2.24. The van der Waals surface area contributed by atoms with E-state index in [9.17, 15) is 4.79 Å². The second-order valence-electron chi connectivity index (χ2n) is 5.18. The van der Waals surface area contributed by atoms with Gasteiger partial charge in [0.05, 0.1) is 18.7 Å². The molecule has 2 heterocycles. The molecule has 0 radical (unpaired) electrons. The first kappa shape index (κ1) is 14.2. The molecule has 2 aromatic rings. The summed E-state index contributed by atoms with van der Waals surface area (Å²) >= 11 is 6.43. The van der Waals surface area contributed by atoms with Crippen LogP contribution in [0, 0.1) is 6.92 Å². The second kappa shape index (κ2) is 5.54.